The van der Waals surface area contributed by atoms with Crippen LogP contribution in [0.3, 0.4) is 0 Å². The highest BCUT2D eigenvalue weighted by atomic mass is 32.2. The number of hydrogen-bond acceptors (Lipinski definition) is 6. The number of sulfone groups is 1. The molecule has 0 aromatic heterocycles. The number of primary amides is 1. The number of rotatable bonds is 7. The van der Waals surface area contributed by atoms with Gasteiger partial charge in [0.2, 0.25) is 5.91 Å². The molecular weight excluding hydrogens is 532 g/mol. The number of alkyl halides is 3. The summed E-state index contributed by atoms with van der Waals surface area (Å²) in [7, 11) is -3.68. The molecular formula is C25H22F4N2O6S. The van der Waals surface area contributed by atoms with Gasteiger partial charge in [-0.1, -0.05) is 18.2 Å². The lowest BCUT2D eigenvalue weighted by atomic mass is 9.75. The molecule has 2 saturated carbocycles. The summed E-state index contributed by atoms with van der Waals surface area (Å²) in [5.74, 6) is -4.38. The van der Waals surface area contributed by atoms with Crippen LogP contribution in [0.4, 0.5) is 17.6 Å². The van der Waals surface area contributed by atoms with E-state index in [0.717, 1.165) is 31.4 Å². The summed E-state index contributed by atoms with van der Waals surface area (Å²) >= 11 is 0. The molecule has 2 aliphatic rings. The molecule has 2 aromatic rings. The van der Waals surface area contributed by atoms with Crippen LogP contribution in [-0.2, 0) is 30.3 Å². The summed E-state index contributed by atoms with van der Waals surface area (Å²) in [4.78, 5) is 23.4. The predicted octanol–water partition coefficient (Wildman–Crippen LogP) is 3.55. The Bertz CT molecular complexity index is 1450. The second-order valence-electron chi connectivity index (χ2n) is 9.60. The van der Waals surface area contributed by atoms with Gasteiger partial charge in [-0.3, -0.25) is 9.59 Å². The number of nitrogens with zero attached hydrogens (tertiary/aromatic N) is 1. The lowest BCUT2D eigenvalue weighted by molar-refractivity contribution is -0.159. The minimum Gasteiger partial charge on any atom is -0.481 e. The molecule has 1 amide bonds. The maximum absolute atomic E-state index is 14.1. The molecule has 13 heteroatoms. The number of carbonyl (C=O) groups excluding carboxylic acids is 1. The first-order chi connectivity index (χ1) is 17.6. The van der Waals surface area contributed by atoms with Crippen molar-refractivity contribution < 1.29 is 45.4 Å². The van der Waals surface area contributed by atoms with Crippen molar-refractivity contribution in [2.24, 2.45) is 22.5 Å². The third-order valence-corrected chi connectivity index (χ3v) is 9.94. The predicted molar refractivity (Wildman–Crippen MR) is 123 cm³/mol. The van der Waals surface area contributed by atoms with Crippen LogP contribution in [-0.4, -0.2) is 43.9 Å². The fourth-order valence-electron chi connectivity index (χ4n) is 5.66. The zero-order valence-electron chi connectivity index (χ0n) is 19.8. The fourth-order valence-corrected chi connectivity index (χ4v) is 7.68. The number of amides is 1. The van der Waals surface area contributed by atoms with E-state index in [9.17, 15) is 45.9 Å². The Morgan fingerprint density at radius 2 is 1.74 bits per heavy atom. The highest BCUT2D eigenvalue weighted by molar-refractivity contribution is 7.92. The van der Waals surface area contributed by atoms with Crippen molar-refractivity contribution in [2.45, 2.75) is 41.7 Å². The molecule has 38 heavy (non-hydrogen) atoms. The van der Waals surface area contributed by atoms with Crippen molar-refractivity contribution in [3.8, 4) is 17.2 Å². The number of nitrogens with two attached hydrogens (primary N) is 1. The molecule has 0 saturated heterocycles. The number of carboxylic acid groups (broad SMARTS) is 1. The van der Waals surface area contributed by atoms with Crippen LogP contribution in [0.2, 0.25) is 0 Å². The summed E-state index contributed by atoms with van der Waals surface area (Å²) in [5.41, 5.74) is 0.209. The van der Waals surface area contributed by atoms with E-state index in [-0.39, 0.29) is 17.5 Å². The lowest BCUT2D eigenvalue weighted by Crippen LogP contribution is -2.44. The number of ether oxygens (including phenoxy) is 1. The molecule has 0 bridgehead atoms. The average molecular weight is 555 g/mol. The molecule has 3 N–H and O–H groups in total. The number of hydrogen-bond donors (Lipinski definition) is 2. The normalized spacial score (nSPS) is 29.0. The first-order valence-electron chi connectivity index (χ1n) is 11.3. The van der Waals surface area contributed by atoms with Gasteiger partial charge in [0.1, 0.15) is 16.6 Å². The number of aliphatic carboxylic acids is 1. The second kappa shape index (κ2) is 9.06. The molecule has 202 valence electrons. The Kier molecular flexibility index (Phi) is 6.56. The van der Waals surface area contributed by atoms with Crippen molar-refractivity contribution in [2.75, 3.05) is 7.11 Å². The Labute approximate surface area is 214 Å². The standard InChI is InChI=1S/C25H22F4N2O6S/c1-37-20-9-16(10-24(20,22(33)34)19-11-23(19,12-30)21(31)32)38(35,36)18-7-4-14(8-17(18)25(27,28)29)13-2-5-15(26)6-3-13/h2-8,16,19-20H,9-11H2,1H3,(H2,31,32)(H,33,34)/t16-,19?,20+,23?,24+/m1/s1. The molecule has 0 aliphatic heterocycles. The molecule has 2 aromatic carbocycles. The van der Waals surface area contributed by atoms with Crippen molar-refractivity contribution in [1.29, 1.82) is 5.26 Å². The summed E-state index contributed by atoms with van der Waals surface area (Å²) < 4.78 is 88.1. The van der Waals surface area contributed by atoms with Gasteiger partial charge in [0, 0.05) is 13.0 Å². The molecule has 8 nitrogen and oxygen atoms in total. The fraction of sp³-hybridized carbons (Fsp3) is 0.400. The third-order valence-electron chi connectivity index (χ3n) is 7.73. The maximum Gasteiger partial charge on any atom is 0.417 e. The summed E-state index contributed by atoms with van der Waals surface area (Å²) in [6.07, 6.45) is -7.80. The van der Waals surface area contributed by atoms with Crippen molar-refractivity contribution >= 4 is 21.7 Å². The van der Waals surface area contributed by atoms with Crippen LogP contribution in [0.1, 0.15) is 24.8 Å². The Morgan fingerprint density at radius 1 is 1.13 bits per heavy atom. The quantitative estimate of drug-likeness (QED) is 0.498. The van der Waals surface area contributed by atoms with Gasteiger partial charge < -0.3 is 15.6 Å². The second-order valence-corrected chi connectivity index (χ2v) is 11.8. The van der Waals surface area contributed by atoms with Gasteiger partial charge in [0.05, 0.1) is 27.9 Å². The van der Waals surface area contributed by atoms with E-state index in [2.05, 4.69) is 0 Å². The highest BCUT2D eigenvalue weighted by Crippen LogP contribution is 2.66. The topological polar surface area (TPSA) is 148 Å². The molecule has 2 fully saturated rings. The number of carbonyl (C=O) groups is 2. The molecule has 2 unspecified atom stereocenters. The van der Waals surface area contributed by atoms with Crippen molar-refractivity contribution in [3.05, 3.63) is 53.8 Å². The number of halogens is 4. The van der Waals surface area contributed by atoms with Crippen molar-refractivity contribution in [3.63, 3.8) is 0 Å². The van der Waals surface area contributed by atoms with E-state index < -0.39 is 85.1 Å². The zero-order valence-corrected chi connectivity index (χ0v) is 20.6. The number of benzene rings is 2. The number of carboxylic acids is 1. The number of nitriles is 1. The average Bonchev–Trinajstić information content (AvgIpc) is 3.48. The maximum atomic E-state index is 14.1. The monoisotopic (exact) mass is 554 g/mol. The molecule has 4 rings (SSSR count). The van der Waals surface area contributed by atoms with Gasteiger partial charge in [0.15, 0.2) is 9.84 Å². The van der Waals surface area contributed by atoms with Gasteiger partial charge >= 0.3 is 12.1 Å². The smallest absolute Gasteiger partial charge is 0.417 e. The van der Waals surface area contributed by atoms with Crippen LogP contribution in [0.25, 0.3) is 11.1 Å². The molecule has 0 spiro atoms. The van der Waals surface area contributed by atoms with Gasteiger partial charge in [-0.15, -0.1) is 0 Å². The Balaban J connectivity index is 1.79. The summed E-state index contributed by atoms with van der Waals surface area (Å²) in [5, 5.41) is 18.1. The third kappa shape index (κ3) is 4.12. The van der Waals surface area contributed by atoms with Crippen LogP contribution in [0, 0.1) is 33.9 Å². The first kappa shape index (κ1) is 27.5. The van der Waals surface area contributed by atoms with Gasteiger partial charge in [-0.05, 0) is 54.7 Å². The lowest BCUT2D eigenvalue weighted by Gasteiger charge is -2.31. The van der Waals surface area contributed by atoms with E-state index in [1.54, 1.807) is 6.07 Å². The van der Waals surface area contributed by atoms with Crippen LogP contribution < -0.4 is 5.73 Å². The van der Waals surface area contributed by atoms with E-state index >= 15 is 0 Å². The molecule has 0 heterocycles. The minimum absolute atomic E-state index is 0.00408. The van der Waals surface area contributed by atoms with E-state index in [1.807, 2.05) is 0 Å². The summed E-state index contributed by atoms with van der Waals surface area (Å²) in [6, 6.07) is 8.90. The molecule has 0 radical (unpaired) electrons. The highest BCUT2D eigenvalue weighted by Gasteiger charge is 2.75. The zero-order chi connectivity index (χ0) is 28.3. The van der Waals surface area contributed by atoms with Crippen LogP contribution in [0.5, 0.6) is 0 Å². The van der Waals surface area contributed by atoms with Gasteiger partial charge in [-0.2, -0.15) is 18.4 Å². The Hall–Kier alpha value is -3.50. The minimum atomic E-state index is -5.10. The van der Waals surface area contributed by atoms with Crippen LogP contribution >= 0.6 is 0 Å². The van der Waals surface area contributed by atoms with E-state index in [4.69, 9.17) is 10.5 Å². The van der Waals surface area contributed by atoms with Gasteiger partial charge in [0.25, 0.3) is 0 Å². The Morgan fingerprint density at radius 3 is 2.21 bits per heavy atom. The van der Waals surface area contributed by atoms with Crippen LogP contribution in [0.15, 0.2) is 47.4 Å². The SMILES string of the molecule is CO[C@H]1C[C@@H](S(=O)(=O)c2ccc(-c3ccc(F)cc3)cc2C(F)(F)F)C[C@]1(C(=O)O)C1CC1(C#N)C(N)=O. The molecule has 5 atom stereocenters. The molecule has 2 aliphatic carbocycles. The van der Waals surface area contributed by atoms with E-state index in [1.165, 1.54) is 12.1 Å². The van der Waals surface area contributed by atoms with Crippen molar-refractivity contribution in [1.82, 2.24) is 0 Å². The summed E-state index contributed by atoms with van der Waals surface area (Å²) in [6.45, 7) is 0. The van der Waals surface area contributed by atoms with Gasteiger partial charge in [-0.25, -0.2) is 12.8 Å². The van der Waals surface area contributed by atoms with E-state index in [0.29, 0.717) is 6.07 Å². The first-order valence-corrected chi connectivity index (χ1v) is 12.9. The number of methoxy groups -OCH3 is 1. The largest absolute Gasteiger partial charge is 0.481 e.